The molecule has 27 heavy (non-hydrogen) atoms. The molecule has 0 aliphatic carbocycles. The Morgan fingerprint density at radius 1 is 1.26 bits per heavy atom. The number of allylic oxidation sites excluding steroid dienone is 1. The summed E-state index contributed by atoms with van der Waals surface area (Å²) in [5.41, 5.74) is 4.89. The lowest BCUT2D eigenvalue weighted by Crippen LogP contribution is -2.44. The minimum absolute atomic E-state index is 0.0241. The van der Waals surface area contributed by atoms with Gasteiger partial charge in [0.05, 0.1) is 16.1 Å². The van der Waals surface area contributed by atoms with Crippen LogP contribution in [0.25, 0.3) is 5.57 Å². The minimum atomic E-state index is -0.504. The van der Waals surface area contributed by atoms with Crippen LogP contribution in [-0.4, -0.2) is 23.2 Å². The highest BCUT2D eigenvalue weighted by molar-refractivity contribution is 6.32. The minimum Gasteiger partial charge on any atom is -0.363 e. The lowest BCUT2D eigenvalue weighted by Gasteiger charge is -2.42. The fourth-order valence-corrected chi connectivity index (χ4v) is 3.82. The summed E-state index contributed by atoms with van der Waals surface area (Å²) in [5.74, 6) is 0. The molecular formula is C21H22ClN3O2. The van der Waals surface area contributed by atoms with E-state index in [1.165, 1.54) is 29.0 Å². The molecule has 2 aromatic rings. The second-order valence-electron chi connectivity index (χ2n) is 7.15. The van der Waals surface area contributed by atoms with E-state index in [0.717, 1.165) is 12.1 Å². The number of rotatable bonds is 4. The van der Waals surface area contributed by atoms with Crippen molar-refractivity contribution < 1.29 is 4.92 Å². The van der Waals surface area contributed by atoms with Crippen molar-refractivity contribution in [1.82, 2.24) is 0 Å². The molecule has 1 aliphatic rings. The predicted octanol–water partition coefficient (Wildman–Crippen LogP) is 6.02. The summed E-state index contributed by atoms with van der Waals surface area (Å²) < 4.78 is 0. The highest BCUT2D eigenvalue weighted by Crippen LogP contribution is 2.39. The molecule has 1 aliphatic heterocycles. The largest absolute Gasteiger partial charge is 0.363 e. The maximum Gasteiger partial charge on any atom is 0.290 e. The van der Waals surface area contributed by atoms with Gasteiger partial charge in [0.1, 0.15) is 5.02 Å². The van der Waals surface area contributed by atoms with Gasteiger partial charge in [-0.25, -0.2) is 0 Å². The first-order valence-corrected chi connectivity index (χ1v) is 9.20. The van der Waals surface area contributed by atoms with Crippen molar-refractivity contribution in [3.8, 4) is 0 Å². The molecule has 0 atom stereocenters. The molecule has 1 heterocycles. The average molecular weight is 384 g/mol. The van der Waals surface area contributed by atoms with E-state index in [4.69, 9.17) is 11.6 Å². The molecule has 2 aromatic carbocycles. The van der Waals surface area contributed by atoms with Gasteiger partial charge in [0.2, 0.25) is 0 Å². The second-order valence-corrected chi connectivity index (χ2v) is 7.56. The van der Waals surface area contributed by atoms with Gasteiger partial charge in [-0.15, -0.1) is 0 Å². The number of benzene rings is 2. The Bertz CT molecular complexity index is 964. The lowest BCUT2D eigenvalue weighted by molar-refractivity contribution is -0.384. The van der Waals surface area contributed by atoms with E-state index >= 15 is 0 Å². The zero-order valence-corrected chi connectivity index (χ0v) is 16.6. The summed E-state index contributed by atoms with van der Waals surface area (Å²) >= 11 is 5.85. The second kappa shape index (κ2) is 7.16. The molecule has 0 bridgehead atoms. The van der Waals surface area contributed by atoms with Crippen molar-refractivity contribution in [2.45, 2.75) is 33.2 Å². The van der Waals surface area contributed by atoms with Gasteiger partial charge < -0.3 is 4.90 Å². The summed E-state index contributed by atoms with van der Waals surface area (Å²) in [6.07, 6.45) is 4.00. The standard InChI is InChI=1S/C21H22ClN3O2/c1-5-24-19-9-6-15(10-17(19)14(2)12-21(24,3)4)13-23-16-7-8-18(22)20(11-16)25(26)27/h6-13H,5H2,1-4H3. The molecule has 140 valence electrons. The third-order valence-corrected chi connectivity index (χ3v) is 5.13. The van der Waals surface area contributed by atoms with Crippen LogP contribution in [0, 0.1) is 10.1 Å². The molecular weight excluding hydrogens is 362 g/mol. The number of anilines is 1. The molecule has 0 amide bonds. The van der Waals surface area contributed by atoms with Crippen LogP contribution < -0.4 is 4.90 Å². The van der Waals surface area contributed by atoms with Crippen molar-refractivity contribution >= 4 is 40.5 Å². The fourth-order valence-electron chi connectivity index (χ4n) is 3.63. The van der Waals surface area contributed by atoms with Gasteiger partial charge >= 0.3 is 0 Å². The number of nitro groups is 1. The molecule has 3 rings (SSSR count). The number of likely N-dealkylation sites (N-methyl/N-ethyl adjacent to an activating group) is 1. The highest BCUT2D eigenvalue weighted by atomic mass is 35.5. The number of halogens is 1. The van der Waals surface area contributed by atoms with E-state index in [1.807, 2.05) is 6.07 Å². The third kappa shape index (κ3) is 3.74. The smallest absolute Gasteiger partial charge is 0.290 e. The molecule has 0 radical (unpaired) electrons. The Morgan fingerprint density at radius 2 is 2.00 bits per heavy atom. The van der Waals surface area contributed by atoms with Gasteiger partial charge in [-0.1, -0.05) is 23.7 Å². The molecule has 5 nitrogen and oxygen atoms in total. The summed E-state index contributed by atoms with van der Waals surface area (Å²) in [6, 6.07) is 10.8. The number of nitro benzene ring substituents is 1. The van der Waals surface area contributed by atoms with Gasteiger partial charge in [0.15, 0.2) is 0 Å². The van der Waals surface area contributed by atoms with Gasteiger partial charge in [-0.3, -0.25) is 15.1 Å². The molecule has 0 saturated carbocycles. The third-order valence-electron chi connectivity index (χ3n) is 4.81. The first-order chi connectivity index (χ1) is 12.7. The van der Waals surface area contributed by atoms with Crippen molar-refractivity contribution in [3.05, 3.63) is 68.7 Å². The van der Waals surface area contributed by atoms with E-state index in [0.29, 0.717) is 5.69 Å². The molecule has 0 unspecified atom stereocenters. The van der Waals surface area contributed by atoms with Crippen molar-refractivity contribution in [1.29, 1.82) is 0 Å². The topological polar surface area (TPSA) is 58.7 Å². The number of aliphatic imine (C=N–C) groups is 1. The van der Waals surface area contributed by atoms with E-state index in [1.54, 1.807) is 12.3 Å². The lowest BCUT2D eigenvalue weighted by atomic mass is 9.88. The Morgan fingerprint density at radius 3 is 2.67 bits per heavy atom. The Labute approximate surface area is 164 Å². The van der Waals surface area contributed by atoms with Gasteiger partial charge in [0, 0.05) is 30.1 Å². The number of hydrogen-bond acceptors (Lipinski definition) is 4. The fraction of sp³-hybridized carbons (Fsp3) is 0.286. The van der Waals surface area contributed by atoms with Crippen LogP contribution in [0.2, 0.25) is 5.02 Å². The quantitative estimate of drug-likeness (QED) is 0.368. The van der Waals surface area contributed by atoms with Crippen LogP contribution in [0.1, 0.15) is 38.8 Å². The molecule has 6 heteroatoms. The molecule has 0 fully saturated rings. The molecule has 0 aromatic heterocycles. The molecule has 0 spiro atoms. The van der Waals surface area contributed by atoms with Crippen molar-refractivity contribution in [2.75, 3.05) is 11.4 Å². The summed E-state index contributed by atoms with van der Waals surface area (Å²) in [4.78, 5) is 17.3. The highest BCUT2D eigenvalue weighted by Gasteiger charge is 2.29. The maximum atomic E-state index is 11.0. The van der Waals surface area contributed by atoms with Crippen LogP contribution in [0.5, 0.6) is 0 Å². The summed E-state index contributed by atoms with van der Waals surface area (Å²) in [5, 5.41) is 11.1. The number of nitrogens with zero attached hydrogens (tertiary/aromatic N) is 3. The SMILES string of the molecule is CCN1c2ccc(C=Nc3ccc(Cl)c([N+](=O)[O-])c3)cc2C(C)=CC1(C)C. The van der Waals surface area contributed by atoms with Crippen molar-refractivity contribution in [3.63, 3.8) is 0 Å². The Hall–Kier alpha value is -2.66. The summed E-state index contributed by atoms with van der Waals surface area (Å²) in [6.45, 7) is 9.63. The van der Waals surface area contributed by atoms with Gasteiger partial charge in [-0.05, 0) is 63.1 Å². The number of fused-ring (bicyclic) bond motifs is 1. The van der Waals surface area contributed by atoms with Crippen LogP contribution in [0.3, 0.4) is 0 Å². The van der Waals surface area contributed by atoms with E-state index in [-0.39, 0.29) is 16.2 Å². The average Bonchev–Trinajstić information content (AvgIpc) is 2.60. The zero-order chi connectivity index (χ0) is 19.8. The number of hydrogen-bond donors (Lipinski definition) is 0. The monoisotopic (exact) mass is 383 g/mol. The first-order valence-electron chi connectivity index (χ1n) is 8.82. The van der Waals surface area contributed by atoms with Crippen LogP contribution in [0.4, 0.5) is 17.1 Å². The maximum absolute atomic E-state index is 11.0. The van der Waals surface area contributed by atoms with E-state index in [9.17, 15) is 10.1 Å². The van der Waals surface area contributed by atoms with Crippen LogP contribution in [-0.2, 0) is 0 Å². The molecule has 0 saturated heterocycles. The summed E-state index contributed by atoms with van der Waals surface area (Å²) in [7, 11) is 0. The van der Waals surface area contributed by atoms with Gasteiger partial charge in [-0.2, -0.15) is 0 Å². The van der Waals surface area contributed by atoms with Gasteiger partial charge in [0.25, 0.3) is 5.69 Å². The first kappa shape index (κ1) is 19.1. The van der Waals surface area contributed by atoms with E-state index in [2.05, 4.69) is 55.8 Å². The predicted molar refractivity (Wildman–Crippen MR) is 113 cm³/mol. The molecule has 0 N–H and O–H groups in total. The normalized spacial score (nSPS) is 15.6. The Kier molecular flexibility index (Phi) is 5.07. The van der Waals surface area contributed by atoms with Crippen LogP contribution in [0.15, 0.2) is 47.5 Å². The van der Waals surface area contributed by atoms with E-state index < -0.39 is 4.92 Å². The van der Waals surface area contributed by atoms with Crippen molar-refractivity contribution in [2.24, 2.45) is 4.99 Å². The Balaban J connectivity index is 1.95. The zero-order valence-electron chi connectivity index (χ0n) is 15.9. The van der Waals surface area contributed by atoms with Crippen LogP contribution >= 0.6 is 11.6 Å².